The monoisotopic (exact) mass is 432 g/mol. The van der Waals surface area contributed by atoms with Crippen LogP contribution in [0.4, 0.5) is 0 Å². The lowest BCUT2D eigenvalue weighted by molar-refractivity contribution is -0.132. The van der Waals surface area contributed by atoms with Crippen LogP contribution in [0.25, 0.3) is 0 Å². The van der Waals surface area contributed by atoms with E-state index in [0.29, 0.717) is 31.7 Å². The molecule has 2 aromatic rings. The second kappa shape index (κ2) is 9.06. The van der Waals surface area contributed by atoms with Crippen LogP contribution in [0.15, 0.2) is 53.4 Å². The first-order valence-electron chi connectivity index (χ1n) is 9.84. The zero-order valence-corrected chi connectivity index (χ0v) is 18.4. The maximum Gasteiger partial charge on any atom is 0.243 e. The minimum absolute atomic E-state index is 0.144. The predicted octanol–water partition coefficient (Wildman–Crippen LogP) is 2.81. The van der Waals surface area contributed by atoms with Crippen molar-refractivity contribution in [2.24, 2.45) is 5.41 Å². The van der Waals surface area contributed by atoms with Gasteiger partial charge in [-0.1, -0.05) is 12.1 Å². The van der Waals surface area contributed by atoms with Gasteiger partial charge in [-0.2, -0.15) is 4.31 Å². The number of hydrogen-bond donors (Lipinski definition) is 1. The lowest BCUT2D eigenvalue weighted by atomic mass is 9.82. The molecule has 0 aromatic heterocycles. The van der Waals surface area contributed by atoms with Crippen LogP contribution in [0.5, 0.6) is 11.5 Å². The molecule has 1 saturated heterocycles. The standard InChI is InChI=1S/C22H28N2O5S/c1-22(21(25)23-15-17-6-4-7-19(14-17)29-3)12-5-13-24(16-22)30(26,27)20-10-8-18(28-2)9-11-20/h4,6-11,14H,5,12-13,15-16H2,1-3H3,(H,23,25)/t22-/m0/s1. The smallest absolute Gasteiger partial charge is 0.243 e. The number of sulfonamides is 1. The van der Waals surface area contributed by atoms with Gasteiger partial charge in [-0.25, -0.2) is 8.42 Å². The average molecular weight is 433 g/mol. The molecule has 1 N–H and O–H groups in total. The van der Waals surface area contributed by atoms with Gasteiger partial charge in [0.05, 0.1) is 24.5 Å². The number of benzene rings is 2. The summed E-state index contributed by atoms with van der Waals surface area (Å²) in [6.07, 6.45) is 1.25. The van der Waals surface area contributed by atoms with Gasteiger partial charge >= 0.3 is 0 Å². The van der Waals surface area contributed by atoms with Crippen LogP contribution in [0.1, 0.15) is 25.3 Å². The molecule has 162 valence electrons. The highest BCUT2D eigenvalue weighted by molar-refractivity contribution is 7.89. The average Bonchev–Trinajstić information content (AvgIpc) is 2.77. The number of rotatable bonds is 7. The minimum Gasteiger partial charge on any atom is -0.497 e. The molecule has 3 rings (SSSR count). The summed E-state index contributed by atoms with van der Waals surface area (Å²) >= 11 is 0. The quantitative estimate of drug-likeness (QED) is 0.727. The lowest BCUT2D eigenvalue weighted by Crippen LogP contribution is -2.51. The number of nitrogens with one attached hydrogen (secondary N) is 1. The van der Waals surface area contributed by atoms with E-state index in [2.05, 4.69) is 5.32 Å². The van der Waals surface area contributed by atoms with E-state index in [0.717, 1.165) is 11.3 Å². The first kappa shape index (κ1) is 22.1. The van der Waals surface area contributed by atoms with Crippen molar-refractivity contribution in [1.82, 2.24) is 9.62 Å². The molecule has 0 bridgehead atoms. The third-order valence-electron chi connectivity index (χ3n) is 5.49. The van der Waals surface area contributed by atoms with Crippen LogP contribution in [0.2, 0.25) is 0 Å². The van der Waals surface area contributed by atoms with Gasteiger partial charge in [-0.05, 0) is 61.7 Å². The molecule has 0 radical (unpaired) electrons. The number of nitrogens with zero attached hydrogens (tertiary/aromatic N) is 1. The summed E-state index contributed by atoms with van der Waals surface area (Å²) in [5, 5.41) is 2.95. The summed E-state index contributed by atoms with van der Waals surface area (Å²) in [7, 11) is -0.559. The number of amides is 1. The van der Waals surface area contributed by atoms with E-state index < -0.39 is 15.4 Å². The summed E-state index contributed by atoms with van der Waals surface area (Å²) in [6.45, 7) is 2.72. The van der Waals surface area contributed by atoms with Crippen molar-refractivity contribution in [3.63, 3.8) is 0 Å². The molecule has 1 amide bonds. The minimum atomic E-state index is -3.69. The Hall–Kier alpha value is -2.58. The Labute approximate surface area is 178 Å². The van der Waals surface area contributed by atoms with E-state index >= 15 is 0 Å². The number of ether oxygens (including phenoxy) is 2. The second-order valence-corrected chi connectivity index (χ2v) is 9.65. The summed E-state index contributed by atoms with van der Waals surface area (Å²) < 4.78 is 37.9. The molecule has 1 heterocycles. The molecular formula is C22H28N2O5S. The highest BCUT2D eigenvalue weighted by Gasteiger charge is 2.41. The molecule has 1 aliphatic rings. The largest absolute Gasteiger partial charge is 0.497 e. The second-order valence-electron chi connectivity index (χ2n) is 7.71. The van der Waals surface area contributed by atoms with Crippen molar-refractivity contribution in [2.45, 2.75) is 31.2 Å². The van der Waals surface area contributed by atoms with Crippen LogP contribution in [-0.2, 0) is 21.4 Å². The van der Waals surface area contributed by atoms with Crippen LogP contribution in [0, 0.1) is 5.41 Å². The van der Waals surface area contributed by atoms with Crippen molar-refractivity contribution in [1.29, 1.82) is 0 Å². The van der Waals surface area contributed by atoms with Gasteiger partial charge in [0.1, 0.15) is 11.5 Å². The molecule has 0 spiro atoms. The Balaban J connectivity index is 1.70. The molecule has 1 aliphatic heterocycles. The number of hydrogen-bond acceptors (Lipinski definition) is 5. The maximum absolute atomic E-state index is 13.1. The molecule has 0 saturated carbocycles. The summed E-state index contributed by atoms with van der Waals surface area (Å²) in [5.74, 6) is 1.16. The van der Waals surface area contributed by atoms with E-state index in [9.17, 15) is 13.2 Å². The fraction of sp³-hybridized carbons (Fsp3) is 0.409. The SMILES string of the molecule is COc1ccc(S(=O)(=O)N2CCC[C@](C)(C(=O)NCc3cccc(OC)c3)C2)cc1. The van der Waals surface area contributed by atoms with Gasteiger partial charge in [0.25, 0.3) is 0 Å². The molecule has 1 atom stereocenters. The van der Waals surface area contributed by atoms with E-state index in [1.54, 1.807) is 19.2 Å². The molecule has 1 fully saturated rings. The lowest BCUT2D eigenvalue weighted by Gasteiger charge is -2.38. The van der Waals surface area contributed by atoms with Crippen LogP contribution < -0.4 is 14.8 Å². The van der Waals surface area contributed by atoms with Crippen molar-refractivity contribution >= 4 is 15.9 Å². The summed E-state index contributed by atoms with van der Waals surface area (Å²) in [4.78, 5) is 13.2. The highest BCUT2D eigenvalue weighted by Crippen LogP contribution is 2.33. The van der Waals surface area contributed by atoms with Crippen molar-refractivity contribution in [2.75, 3.05) is 27.3 Å². The van der Waals surface area contributed by atoms with Gasteiger partial charge in [-0.3, -0.25) is 4.79 Å². The number of carbonyl (C=O) groups is 1. The Morgan fingerprint density at radius 2 is 1.80 bits per heavy atom. The first-order chi connectivity index (χ1) is 14.3. The third-order valence-corrected chi connectivity index (χ3v) is 7.35. The van der Waals surface area contributed by atoms with E-state index in [4.69, 9.17) is 9.47 Å². The normalized spacial score (nSPS) is 19.8. The Morgan fingerprint density at radius 3 is 2.47 bits per heavy atom. The number of methoxy groups -OCH3 is 2. The molecule has 30 heavy (non-hydrogen) atoms. The number of piperidine rings is 1. The van der Waals surface area contributed by atoms with Crippen LogP contribution >= 0.6 is 0 Å². The zero-order valence-electron chi connectivity index (χ0n) is 17.6. The van der Waals surface area contributed by atoms with E-state index in [1.165, 1.54) is 23.5 Å². The Morgan fingerprint density at radius 1 is 1.10 bits per heavy atom. The van der Waals surface area contributed by atoms with E-state index in [1.807, 2.05) is 31.2 Å². The summed E-state index contributed by atoms with van der Waals surface area (Å²) in [5.41, 5.74) is 0.126. The molecule has 2 aromatic carbocycles. The Kier molecular flexibility index (Phi) is 6.67. The van der Waals surface area contributed by atoms with Gasteiger partial charge in [0, 0.05) is 19.6 Å². The molecule has 7 nitrogen and oxygen atoms in total. The third kappa shape index (κ3) is 4.76. The topological polar surface area (TPSA) is 84.9 Å². The Bertz CT molecular complexity index is 991. The van der Waals surface area contributed by atoms with Gasteiger partial charge in [0.15, 0.2) is 0 Å². The predicted molar refractivity (Wildman–Crippen MR) is 114 cm³/mol. The fourth-order valence-electron chi connectivity index (χ4n) is 3.66. The van der Waals surface area contributed by atoms with Crippen molar-refractivity contribution in [3.8, 4) is 11.5 Å². The molecular weight excluding hydrogens is 404 g/mol. The van der Waals surface area contributed by atoms with Crippen LogP contribution in [-0.4, -0.2) is 45.9 Å². The van der Waals surface area contributed by atoms with Crippen LogP contribution in [0.3, 0.4) is 0 Å². The zero-order chi connectivity index (χ0) is 21.8. The van der Waals surface area contributed by atoms with Gasteiger partial charge < -0.3 is 14.8 Å². The van der Waals surface area contributed by atoms with Gasteiger partial charge in [0.2, 0.25) is 15.9 Å². The molecule has 8 heteroatoms. The highest BCUT2D eigenvalue weighted by atomic mass is 32.2. The maximum atomic E-state index is 13.1. The van der Waals surface area contributed by atoms with Gasteiger partial charge in [-0.15, -0.1) is 0 Å². The molecule has 0 unspecified atom stereocenters. The first-order valence-corrected chi connectivity index (χ1v) is 11.3. The number of carbonyl (C=O) groups excluding carboxylic acids is 1. The van der Waals surface area contributed by atoms with E-state index in [-0.39, 0.29) is 17.3 Å². The fourth-order valence-corrected chi connectivity index (χ4v) is 5.26. The summed E-state index contributed by atoms with van der Waals surface area (Å²) in [6, 6.07) is 13.8. The van der Waals surface area contributed by atoms with Crippen molar-refractivity contribution in [3.05, 3.63) is 54.1 Å². The molecule has 0 aliphatic carbocycles. The van der Waals surface area contributed by atoms with Crippen molar-refractivity contribution < 1.29 is 22.7 Å².